The Hall–Kier alpha value is -0.0800. The quantitative estimate of drug-likeness (QED) is 0.818. The second-order valence-electron chi connectivity index (χ2n) is 6.39. The van der Waals surface area contributed by atoms with Crippen LogP contribution in [0.4, 0.5) is 0 Å². The van der Waals surface area contributed by atoms with Crippen molar-refractivity contribution in [2.45, 2.75) is 58.6 Å². The third-order valence-electron chi connectivity index (χ3n) is 5.45. The fourth-order valence-corrected chi connectivity index (χ4v) is 4.31. The van der Waals surface area contributed by atoms with Crippen LogP contribution < -0.4 is 0 Å². The first-order chi connectivity index (χ1) is 8.10. The van der Waals surface area contributed by atoms with Crippen molar-refractivity contribution < 1.29 is 5.11 Å². The molecule has 1 saturated carbocycles. The molecule has 0 aromatic heterocycles. The highest BCUT2D eigenvalue weighted by molar-refractivity contribution is 5.02. The molecule has 2 heteroatoms. The lowest BCUT2D eigenvalue weighted by Crippen LogP contribution is -2.60. The van der Waals surface area contributed by atoms with Gasteiger partial charge in [0.25, 0.3) is 0 Å². The molecule has 1 heterocycles. The molecule has 0 amide bonds. The summed E-state index contributed by atoms with van der Waals surface area (Å²) >= 11 is 0. The molecule has 2 nitrogen and oxygen atoms in total. The summed E-state index contributed by atoms with van der Waals surface area (Å²) < 4.78 is 0. The van der Waals surface area contributed by atoms with Gasteiger partial charge in [0.1, 0.15) is 0 Å². The Labute approximate surface area is 106 Å². The molecule has 100 valence electrons. The average Bonchev–Trinajstić information content (AvgIpc) is 2.31. The van der Waals surface area contributed by atoms with E-state index in [2.05, 4.69) is 32.7 Å². The standard InChI is InChI=1S/C15H29NO/c1-5-11-12(6-2)15(17)14(11)13-9-10(3)7-8-16(13)4/h10-15,17H,5-9H2,1-4H3/t10?,11-,12?,13?,14?,15?/m0/s1. The second-order valence-corrected chi connectivity index (χ2v) is 6.39. The Morgan fingerprint density at radius 2 is 1.82 bits per heavy atom. The third kappa shape index (κ3) is 2.26. The summed E-state index contributed by atoms with van der Waals surface area (Å²) in [6.07, 6.45) is 4.94. The minimum absolute atomic E-state index is 0.0392. The molecule has 1 aliphatic heterocycles. The highest BCUT2D eigenvalue weighted by Gasteiger charge is 2.52. The molecule has 2 aliphatic rings. The van der Waals surface area contributed by atoms with Crippen molar-refractivity contribution in [3.8, 4) is 0 Å². The van der Waals surface area contributed by atoms with Gasteiger partial charge in [0.05, 0.1) is 6.10 Å². The van der Waals surface area contributed by atoms with E-state index in [-0.39, 0.29) is 6.10 Å². The SMILES string of the molecule is CCC1C(O)C(C2CC(C)CCN2C)[C@H]1CC. The molecule has 0 aromatic carbocycles. The van der Waals surface area contributed by atoms with Crippen molar-refractivity contribution in [3.63, 3.8) is 0 Å². The number of likely N-dealkylation sites (tertiary alicyclic amines) is 1. The molecule has 6 atom stereocenters. The Kier molecular flexibility index (Phi) is 4.14. The second kappa shape index (κ2) is 5.27. The Morgan fingerprint density at radius 3 is 2.41 bits per heavy atom. The van der Waals surface area contributed by atoms with Crippen molar-refractivity contribution in [2.24, 2.45) is 23.7 Å². The van der Waals surface area contributed by atoms with E-state index in [1.54, 1.807) is 0 Å². The van der Waals surface area contributed by atoms with Gasteiger partial charge in [-0.05, 0) is 44.2 Å². The van der Waals surface area contributed by atoms with Crippen molar-refractivity contribution >= 4 is 0 Å². The number of rotatable bonds is 3. The molecule has 17 heavy (non-hydrogen) atoms. The number of aliphatic hydroxyl groups excluding tert-OH is 1. The molecule has 0 aromatic rings. The monoisotopic (exact) mass is 239 g/mol. The normalized spacial score (nSPS) is 47.8. The van der Waals surface area contributed by atoms with Gasteiger partial charge in [-0.3, -0.25) is 0 Å². The summed E-state index contributed by atoms with van der Waals surface area (Å²) in [6, 6.07) is 0.626. The van der Waals surface area contributed by atoms with E-state index in [4.69, 9.17) is 0 Å². The lowest BCUT2D eigenvalue weighted by Gasteiger charge is -2.56. The van der Waals surface area contributed by atoms with Crippen LogP contribution in [0.2, 0.25) is 0 Å². The van der Waals surface area contributed by atoms with Gasteiger partial charge in [-0.2, -0.15) is 0 Å². The Balaban J connectivity index is 2.05. The van der Waals surface area contributed by atoms with Gasteiger partial charge < -0.3 is 10.0 Å². The van der Waals surface area contributed by atoms with Crippen molar-refractivity contribution in [3.05, 3.63) is 0 Å². The fraction of sp³-hybridized carbons (Fsp3) is 1.00. The highest BCUT2D eigenvalue weighted by atomic mass is 16.3. The van der Waals surface area contributed by atoms with E-state index in [1.165, 1.54) is 25.8 Å². The molecule has 1 aliphatic carbocycles. The molecule has 0 radical (unpaired) electrons. The molecular weight excluding hydrogens is 210 g/mol. The third-order valence-corrected chi connectivity index (χ3v) is 5.45. The first kappa shape index (κ1) is 13.4. The van der Waals surface area contributed by atoms with Gasteiger partial charge in [0.2, 0.25) is 0 Å². The van der Waals surface area contributed by atoms with Crippen molar-refractivity contribution in [1.29, 1.82) is 0 Å². The van der Waals surface area contributed by atoms with Gasteiger partial charge in [0, 0.05) is 12.0 Å². The Morgan fingerprint density at radius 1 is 1.18 bits per heavy atom. The minimum Gasteiger partial charge on any atom is -0.392 e. The van der Waals surface area contributed by atoms with E-state index >= 15 is 0 Å². The van der Waals surface area contributed by atoms with Gasteiger partial charge in [0.15, 0.2) is 0 Å². The van der Waals surface area contributed by atoms with Crippen LogP contribution in [0.25, 0.3) is 0 Å². The largest absolute Gasteiger partial charge is 0.392 e. The van der Waals surface area contributed by atoms with E-state index < -0.39 is 0 Å². The first-order valence-electron chi connectivity index (χ1n) is 7.48. The molecule has 1 N–H and O–H groups in total. The smallest absolute Gasteiger partial charge is 0.0616 e. The summed E-state index contributed by atoms with van der Waals surface area (Å²) in [7, 11) is 2.25. The molecule has 0 bridgehead atoms. The van der Waals surface area contributed by atoms with Gasteiger partial charge >= 0.3 is 0 Å². The maximum Gasteiger partial charge on any atom is 0.0616 e. The zero-order valence-corrected chi connectivity index (χ0v) is 11.9. The van der Waals surface area contributed by atoms with Crippen LogP contribution in [0.15, 0.2) is 0 Å². The summed E-state index contributed by atoms with van der Waals surface area (Å²) in [5, 5.41) is 10.4. The van der Waals surface area contributed by atoms with Crippen LogP contribution in [-0.4, -0.2) is 35.7 Å². The van der Waals surface area contributed by atoms with Crippen LogP contribution >= 0.6 is 0 Å². The molecule has 1 saturated heterocycles. The summed E-state index contributed by atoms with van der Waals surface area (Å²) in [5.41, 5.74) is 0. The number of piperidine rings is 1. The highest BCUT2D eigenvalue weighted by Crippen LogP contribution is 2.49. The minimum atomic E-state index is -0.0392. The van der Waals surface area contributed by atoms with Crippen LogP contribution in [0.3, 0.4) is 0 Å². The molecule has 2 fully saturated rings. The van der Waals surface area contributed by atoms with E-state index in [9.17, 15) is 5.11 Å². The fourth-order valence-electron chi connectivity index (χ4n) is 4.31. The number of aliphatic hydroxyl groups is 1. The maximum atomic E-state index is 10.4. The Bertz CT molecular complexity index is 255. The van der Waals surface area contributed by atoms with E-state index in [0.717, 1.165) is 18.3 Å². The zero-order chi connectivity index (χ0) is 12.6. The summed E-state index contributed by atoms with van der Waals surface area (Å²) in [4.78, 5) is 2.50. The number of nitrogens with zero attached hydrogens (tertiary/aromatic N) is 1. The lowest BCUT2D eigenvalue weighted by molar-refractivity contribution is -0.143. The summed E-state index contributed by atoms with van der Waals surface area (Å²) in [6.45, 7) is 8.09. The van der Waals surface area contributed by atoms with E-state index in [1.807, 2.05) is 0 Å². The number of hydrogen-bond acceptors (Lipinski definition) is 2. The molecule has 5 unspecified atom stereocenters. The van der Waals surface area contributed by atoms with E-state index in [0.29, 0.717) is 17.9 Å². The average molecular weight is 239 g/mol. The van der Waals surface area contributed by atoms with Crippen LogP contribution in [0, 0.1) is 23.7 Å². The van der Waals surface area contributed by atoms with Crippen LogP contribution in [0.5, 0.6) is 0 Å². The lowest BCUT2D eigenvalue weighted by atomic mass is 9.56. The maximum absolute atomic E-state index is 10.4. The molecule has 0 spiro atoms. The van der Waals surface area contributed by atoms with Crippen LogP contribution in [0.1, 0.15) is 46.5 Å². The summed E-state index contributed by atoms with van der Waals surface area (Å²) in [5.74, 6) is 2.70. The van der Waals surface area contributed by atoms with Gasteiger partial charge in [-0.25, -0.2) is 0 Å². The van der Waals surface area contributed by atoms with Crippen LogP contribution in [-0.2, 0) is 0 Å². The molecular formula is C15H29NO. The molecule has 2 rings (SSSR count). The predicted molar refractivity (Wildman–Crippen MR) is 71.9 cm³/mol. The predicted octanol–water partition coefficient (Wildman–Crippen LogP) is 2.76. The zero-order valence-electron chi connectivity index (χ0n) is 11.9. The van der Waals surface area contributed by atoms with Crippen molar-refractivity contribution in [2.75, 3.05) is 13.6 Å². The topological polar surface area (TPSA) is 23.5 Å². The van der Waals surface area contributed by atoms with Gasteiger partial charge in [-0.1, -0.05) is 33.6 Å². The number of hydrogen-bond donors (Lipinski definition) is 1. The van der Waals surface area contributed by atoms with Crippen molar-refractivity contribution in [1.82, 2.24) is 4.90 Å². The first-order valence-corrected chi connectivity index (χ1v) is 7.48. The van der Waals surface area contributed by atoms with Gasteiger partial charge in [-0.15, -0.1) is 0 Å².